The molecule has 606 valence electrons. The molecule has 0 rings (SSSR count). The van der Waals surface area contributed by atoms with Gasteiger partial charge in [-0.1, -0.05) is 276 Å². The number of carbonyl (C=O) groups excluding carboxylic acids is 4. The summed E-state index contributed by atoms with van der Waals surface area (Å²) in [6, 6.07) is 0. The van der Waals surface area contributed by atoms with Gasteiger partial charge < -0.3 is 33.8 Å². The van der Waals surface area contributed by atoms with Crippen molar-refractivity contribution in [3.63, 3.8) is 0 Å². The van der Waals surface area contributed by atoms with E-state index >= 15 is 0 Å². The fraction of sp³-hybridized carbons (Fsp3) is 0.678. The SMILES string of the molecule is CC/C=C\C/C=C\C/C=C\C/C=C\C/C=C\CCCCCC(=O)OCC(COP(=O)(O)OCC(O)COP(=O)(O)OCC(COC(=O)CCCCCCCC/C=C\C/C=C\C/C=C\C/C=C\CC)OC(=O)CCCCCCC/C=C\CCCCCC)OC(=O)CCCCCCC/C=C\C/C=C\CCCCC. The zero-order valence-electron chi connectivity index (χ0n) is 66.3. The summed E-state index contributed by atoms with van der Waals surface area (Å²) >= 11 is 0. The highest BCUT2D eigenvalue weighted by molar-refractivity contribution is 7.47. The Morgan fingerprint density at radius 3 is 0.792 bits per heavy atom. The van der Waals surface area contributed by atoms with Gasteiger partial charge in [-0.15, -0.1) is 0 Å². The molecule has 0 radical (unpaired) electrons. The van der Waals surface area contributed by atoms with Gasteiger partial charge >= 0.3 is 39.5 Å². The van der Waals surface area contributed by atoms with Gasteiger partial charge in [-0.05, 0) is 167 Å². The number of aliphatic hydroxyl groups excluding tert-OH is 1. The van der Waals surface area contributed by atoms with Gasteiger partial charge in [0.2, 0.25) is 0 Å². The van der Waals surface area contributed by atoms with E-state index in [9.17, 15) is 43.2 Å². The number of ether oxygens (including phenoxy) is 4. The molecule has 0 aromatic heterocycles. The molecule has 3 N–H and O–H groups in total. The first-order valence-electron chi connectivity index (χ1n) is 41.1. The van der Waals surface area contributed by atoms with Gasteiger partial charge in [0, 0.05) is 25.7 Å². The first kappa shape index (κ1) is 101. The number of phosphoric ester groups is 2. The number of carbonyl (C=O) groups is 4. The predicted octanol–water partition coefficient (Wildman–Crippen LogP) is 24.2. The Labute approximate surface area is 643 Å². The fourth-order valence-corrected chi connectivity index (χ4v) is 12.1. The Bertz CT molecular complexity index is 2580. The monoisotopic (exact) mass is 1530 g/mol. The number of hydrogen-bond acceptors (Lipinski definition) is 15. The molecule has 0 saturated heterocycles. The van der Waals surface area contributed by atoms with E-state index < -0.39 is 97.5 Å². The van der Waals surface area contributed by atoms with Crippen LogP contribution in [0.4, 0.5) is 0 Å². The van der Waals surface area contributed by atoms with E-state index in [4.69, 9.17) is 37.0 Å². The van der Waals surface area contributed by atoms with Crippen LogP contribution < -0.4 is 0 Å². The zero-order chi connectivity index (χ0) is 77.4. The molecule has 0 aliphatic carbocycles. The van der Waals surface area contributed by atoms with Gasteiger partial charge in [0.15, 0.2) is 12.2 Å². The van der Waals surface area contributed by atoms with Crippen LogP contribution in [0.2, 0.25) is 0 Å². The zero-order valence-corrected chi connectivity index (χ0v) is 68.1. The van der Waals surface area contributed by atoms with Crippen LogP contribution in [0, 0.1) is 0 Å². The molecule has 106 heavy (non-hydrogen) atoms. The number of esters is 4. The molecule has 0 aliphatic rings. The van der Waals surface area contributed by atoms with E-state index in [2.05, 4.69) is 174 Å². The van der Waals surface area contributed by atoms with Crippen molar-refractivity contribution in [1.82, 2.24) is 0 Å². The van der Waals surface area contributed by atoms with Gasteiger partial charge in [-0.2, -0.15) is 0 Å². The van der Waals surface area contributed by atoms with Crippen molar-refractivity contribution in [3.8, 4) is 0 Å². The van der Waals surface area contributed by atoms with Gasteiger partial charge in [0.05, 0.1) is 26.4 Å². The van der Waals surface area contributed by atoms with Crippen molar-refractivity contribution in [1.29, 1.82) is 0 Å². The number of hydrogen-bond donors (Lipinski definition) is 3. The molecule has 0 fully saturated rings. The number of unbranched alkanes of at least 4 members (excludes halogenated alkanes) is 26. The highest BCUT2D eigenvalue weighted by Crippen LogP contribution is 2.45. The summed E-state index contributed by atoms with van der Waals surface area (Å²) in [4.78, 5) is 73.1. The summed E-state index contributed by atoms with van der Waals surface area (Å²) in [6.45, 7) is 4.54. The lowest BCUT2D eigenvalue weighted by atomic mass is 10.1. The molecular weight excluding hydrogens is 1380 g/mol. The molecule has 0 saturated carbocycles. The van der Waals surface area contributed by atoms with E-state index in [1.807, 2.05) is 0 Å². The molecule has 0 aliphatic heterocycles. The van der Waals surface area contributed by atoms with Crippen LogP contribution in [0.1, 0.15) is 323 Å². The molecule has 0 amide bonds. The average molecular weight is 1530 g/mol. The van der Waals surface area contributed by atoms with Crippen molar-refractivity contribution in [3.05, 3.63) is 146 Å². The van der Waals surface area contributed by atoms with E-state index in [1.54, 1.807) is 0 Å². The summed E-state index contributed by atoms with van der Waals surface area (Å²) in [6.07, 6.45) is 89.6. The highest BCUT2D eigenvalue weighted by atomic mass is 31.2. The van der Waals surface area contributed by atoms with E-state index in [1.165, 1.54) is 44.9 Å². The smallest absolute Gasteiger partial charge is 0.462 e. The average Bonchev–Trinajstić information content (AvgIpc) is 0.933. The molecule has 0 aromatic carbocycles. The second kappa shape index (κ2) is 78.1. The first-order chi connectivity index (χ1) is 51.7. The molecule has 5 unspecified atom stereocenters. The van der Waals surface area contributed by atoms with Gasteiger partial charge in [-0.3, -0.25) is 37.3 Å². The predicted molar refractivity (Wildman–Crippen MR) is 436 cm³/mol. The number of rotatable bonds is 76. The number of phosphoric acid groups is 2. The van der Waals surface area contributed by atoms with Crippen LogP contribution >= 0.6 is 15.6 Å². The van der Waals surface area contributed by atoms with Crippen molar-refractivity contribution in [2.45, 2.75) is 341 Å². The molecular formula is C87H146O17P2. The lowest BCUT2D eigenvalue weighted by Gasteiger charge is -2.21. The summed E-state index contributed by atoms with van der Waals surface area (Å²) in [5, 5.41) is 10.7. The van der Waals surface area contributed by atoms with Crippen LogP contribution in [0.3, 0.4) is 0 Å². The van der Waals surface area contributed by atoms with Gasteiger partial charge in [0.25, 0.3) is 0 Å². The second-order valence-electron chi connectivity index (χ2n) is 26.9. The molecule has 0 heterocycles. The van der Waals surface area contributed by atoms with Crippen LogP contribution in [0.15, 0.2) is 146 Å². The van der Waals surface area contributed by atoms with E-state index in [0.29, 0.717) is 25.7 Å². The maximum absolute atomic E-state index is 13.1. The van der Waals surface area contributed by atoms with E-state index in [0.717, 1.165) is 199 Å². The van der Waals surface area contributed by atoms with Crippen molar-refractivity contribution in [2.24, 2.45) is 0 Å². The minimum absolute atomic E-state index is 0.0674. The van der Waals surface area contributed by atoms with Gasteiger partial charge in [-0.25, -0.2) is 9.13 Å². The molecule has 5 atom stereocenters. The third-order valence-electron chi connectivity index (χ3n) is 16.8. The summed E-state index contributed by atoms with van der Waals surface area (Å²) in [5.41, 5.74) is 0. The lowest BCUT2D eigenvalue weighted by Crippen LogP contribution is -2.30. The minimum atomic E-state index is -5.00. The lowest BCUT2D eigenvalue weighted by molar-refractivity contribution is -0.161. The topological polar surface area (TPSA) is 237 Å². The van der Waals surface area contributed by atoms with Crippen LogP contribution in [0.5, 0.6) is 0 Å². The standard InChI is InChI=1S/C87H146O17P2/c1-5-9-13-17-21-25-29-33-36-38-40-42-45-48-51-55-59-63-67-71-84(89)97-77-82(103-86(91)73-69-65-61-57-53-47-32-28-24-20-16-12-8-4)79-101-105(93,94)99-75-81(88)76-100-106(95,96)102-80-83(104-87(92)74-70-66-62-58-54-50-44-35-31-27-23-19-15-11-7-3)78-98-85(90)72-68-64-60-56-52-49-46-43-41-39-37-34-30-26-22-18-14-10-6-2/h9-10,13-14,21-23,25-28,32-37,40-44,49,52,81-83,88H,5-8,11-12,15-20,24,29-31,38-39,45-48,50-51,53-80H2,1-4H3,(H,93,94)(H,95,96)/b13-9-,14-10-,25-21-,26-22-,27-23-,32-28-,36-33-,37-34-,42-40-,43-41-,44-35-,52-49-. The van der Waals surface area contributed by atoms with Crippen LogP contribution in [0.25, 0.3) is 0 Å². The van der Waals surface area contributed by atoms with Crippen molar-refractivity contribution >= 4 is 39.5 Å². The molecule has 0 bridgehead atoms. The van der Waals surface area contributed by atoms with Crippen LogP contribution in [-0.4, -0.2) is 96.7 Å². The molecule has 0 aromatic rings. The molecule has 17 nitrogen and oxygen atoms in total. The number of allylic oxidation sites excluding steroid dienone is 24. The Morgan fingerprint density at radius 1 is 0.274 bits per heavy atom. The Hall–Kier alpha value is -5.06. The maximum atomic E-state index is 13.1. The largest absolute Gasteiger partial charge is 0.472 e. The highest BCUT2D eigenvalue weighted by Gasteiger charge is 2.30. The van der Waals surface area contributed by atoms with E-state index in [-0.39, 0.29) is 25.7 Å². The van der Waals surface area contributed by atoms with Crippen molar-refractivity contribution < 1.29 is 80.2 Å². The third kappa shape index (κ3) is 77.1. The molecule has 0 spiro atoms. The summed E-state index contributed by atoms with van der Waals surface area (Å²) < 4.78 is 68.6. The third-order valence-corrected chi connectivity index (χ3v) is 18.7. The Morgan fingerprint density at radius 2 is 0.491 bits per heavy atom. The van der Waals surface area contributed by atoms with Gasteiger partial charge in [0.1, 0.15) is 19.3 Å². The van der Waals surface area contributed by atoms with Crippen LogP contribution in [-0.2, 0) is 65.4 Å². The Kier molecular flexibility index (Phi) is 74.3. The summed E-state index contributed by atoms with van der Waals surface area (Å²) in [5.74, 6) is -2.25. The Balaban J connectivity index is 5.41. The second-order valence-corrected chi connectivity index (χ2v) is 29.8. The maximum Gasteiger partial charge on any atom is 0.472 e. The minimum Gasteiger partial charge on any atom is -0.462 e. The molecule has 19 heteroatoms. The summed E-state index contributed by atoms with van der Waals surface area (Å²) in [7, 11) is -9.99. The van der Waals surface area contributed by atoms with Crippen molar-refractivity contribution in [2.75, 3.05) is 39.6 Å². The first-order valence-corrected chi connectivity index (χ1v) is 44.1. The number of aliphatic hydroxyl groups is 1. The quantitative estimate of drug-likeness (QED) is 0.0169. The fourth-order valence-electron chi connectivity index (χ4n) is 10.6. The normalized spacial score (nSPS) is 14.6.